The summed E-state index contributed by atoms with van der Waals surface area (Å²) in [5.41, 5.74) is 2.86. The summed E-state index contributed by atoms with van der Waals surface area (Å²) in [6.07, 6.45) is 0. The highest BCUT2D eigenvalue weighted by Crippen LogP contribution is 2.34. The second kappa shape index (κ2) is 5.72. The van der Waals surface area contributed by atoms with Gasteiger partial charge in [-0.1, -0.05) is 30.3 Å². The number of phenols is 1. The van der Waals surface area contributed by atoms with Crippen molar-refractivity contribution in [1.82, 2.24) is 14.3 Å². The molecule has 0 aliphatic carbocycles. The van der Waals surface area contributed by atoms with E-state index >= 15 is 0 Å². The lowest BCUT2D eigenvalue weighted by Crippen LogP contribution is -2.48. The van der Waals surface area contributed by atoms with Crippen LogP contribution in [0.5, 0.6) is 5.75 Å². The molecule has 1 N–H and O–H groups in total. The number of aromatic nitrogens is 2. The predicted molar refractivity (Wildman–Crippen MR) is 108 cm³/mol. The fraction of sp³-hybridized carbons (Fsp3) is 0.227. The van der Waals surface area contributed by atoms with Crippen LogP contribution in [0, 0.1) is 0 Å². The van der Waals surface area contributed by atoms with Crippen LogP contribution in [0.2, 0.25) is 0 Å². The molecule has 1 aromatic heterocycles. The first-order chi connectivity index (χ1) is 13.0. The Balaban J connectivity index is 1.73. The Hall–Kier alpha value is -3.05. The summed E-state index contributed by atoms with van der Waals surface area (Å²) in [5.74, 6) is 0.228. The first-order valence-electron chi connectivity index (χ1n) is 9.15. The van der Waals surface area contributed by atoms with Gasteiger partial charge in [0.25, 0.3) is 5.56 Å². The minimum Gasteiger partial charge on any atom is -0.508 e. The van der Waals surface area contributed by atoms with Gasteiger partial charge in [0, 0.05) is 20.1 Å². The van der Waals surface area contributed by atoms with Crippen LogP contribution in [0.25, 0.3) is 32.8 Å². The number of likely N-dealkylation sites (tertiary alicyclic amines) is 1. The first-order valence-corrected chi connectivity index (χ1v) is 9.15. The van der Waals surface area contributed by atoms with Crippen molar-refractivity contribution < 1.29 is 5.11 Å². The number of phenolic OH excluding ortho intramolecular Hbond substituents is 1. The standard InChI is InChI=1S/C22H21N3O2/c1-23-12-16(13-23)25-22(27)20-10-15(7-8-21(20)24(25)2)19-11-17(26)9-14-5-3-4-6-18(14)19/h3-11,16,26H,12-13H2,1-2H3. The Kier molecular flexibility index (Phi) is 3.42. The molecule has 0 bridgehead atoms. The molecule has 3 aromatic carbocycles. The summed E-state index contributed by atoms with van der Waals surface area (Å²) in [4.78, 5) is 15.3. The highest BCUT2D eigenvalue weighted by molar-refractivity contribution is 5.99. The summed E-state index contributed by atoms with van der Waals surface area (Å²) < 4.78 is 3.84. The van der Waals surface area contributed by atoms with Crippen LogP contribution in [0.15, 0.2) is 59.4 Å². The fourth-order valence-corrected chi connectivity index (χ4v) is 4.30. The van der Waals surface area contributed by atoms with Gasteiger partial charge in [0.15, 0.2) is 0 Å². The normalized spacial score (nSPS) is 15.5. The smallest absolute Gasteiger partial charge is 0.274 e. The van der Waals surface area contributed by atoms with Crippen molar-refractivity contribution in [2.24, 2.45) is 7.05 Å². The van der Waals surface area contributed by atoms with E-state index in [1.807, 2.05) is 58.9 Å². The number of hydrogen-bond donors (Lipinski definition) is 1. The van der Waals surface area contributed by atoms with E-state index in [0.29, 0.717) is 0 Å². The molecule has 1 aliphatic heterocycles. The van der Waals surface area contributed by atoms with Crippen LogP contribution in [-0.4, -0.2) is 39.5 Å². The highest BCUT2D eigenvalue weighted by Gasteiger charge is 2.28. The Morgan fingerprint density at radius 1 is 0.963 bits per heavy atom. The van der Waals surface area contributed by atoms with Gasteiger partial charge in [-0.15, -0.1) is 0 Å². The molecule has 1 fully saturated rings. The lowest BCUT2D eigenvalue weighted by molar-refractivity contribution is 0.119. The van der Waals surface area contributed by atoms with Gasteiger partial charge in [-0.2, -0.15) is 0 Å². The molecule has 1 aliphatic rings. The lowest BCUT2D eigenvalue weighted by Gasteiger charge is -2.37. The van der Waals surface area contributed by atoms with Gasteiger partial charge in [0.05, 0.1) is 16.9 Å². The van der Waals surface area contributed by atoms with E-state index in [2.05, 4.69) is 11.9 Å². The Labute approximate surface area is 156 Å². The van der Waals surface area contributed by atoms with E-state index in [1.165, 1.54) is 0 Å². The largest absolute Gasteiger partial charge is 0.508 e. The van der Waals surface area contributed by atoms with E-state index in [4.69, 9.17) is 0 Å². The lowest BCUT2D eigenvalue weighted by atomic mass is 9.97. The van der Waals surface area contributed by atoms with E-state index in [9.17, 15) is 9.90 Å². The molecule has 1 saturated heterocycles. The molecular formula is C22H21N3O2. The van der Waals surface area contributed by atoms with Crippen LogP contribution in [0.4, 0.5) is 0 Å². The zero-order valence-corrected chi connectivity index (χ0v) is 15.4. The van der Waals surface area contributed by atoms with Gasteiger partial charge >= 0.3 is 0 Å². The topological polar surface area (TPSA) is 50.4 Å². The van der Waals surface area contributed by atoms with Crippen LogP contribution in [-0.2, 0) is 7.05 Å². The Morgan fingerprint density at radius 3 is 2.52 bits per heavy atom. The molecule has 0 amide bonds. The summed E-state index contributed by atoms with van der Waals surface area (Å²) in [6.45, 7) is 1.79. The van der Waals surface area contributed by atoms with Crippen LogP contribution < -0.4 is 5.56 Å². The molecule has 0 saturated carbocycles. The molecular weight excluding hydrogens is 338 g/mol. The van der Waals surface area contributed by atoms with E-state index in [-0.39, 0.29) is 17.4 Å². The highest BCUT2D eigenvalue weighted by atomic mass is 16.3. The number of aromatic hydroxyl groups is 1. The summed E-state index contributed by atoms with van der Waals surface area (Å²) in [6, 6.07) is 17.7. The third-order valence-electron chi connectivity index (χ3n) is 5.66. The van der Waals surface area contributed by atoms with Crippen LogP contribution in [0.1, 0.15) is 6.04 Å². The van der Waals surface area contributed by atoms with E-state index < -0.39 is 0 Å². The monoisotopic (exact) mass is 359 g/mol. The maximum Gasteiger partial charge on any atom is 0.274 e. The second-order valence-electron chi connectivity index (χ2n) is 7.49. The summed E-state index contributed by atoms with van der Waals surface area (Å²) in [5, 5.41) is 12.9. The first kappa shape index (κ1) is 16.1. The van der Waals surface area contributed by atoms with E-state index in [0.717, 1.165) is 45.9 Å². The average Bonchev–Trinajstić information content (AvgIpc) is 2.88. The van der Waals surface area contributed by atoms with Crippen LogP contribution >= 0.6 is 0 Å². The van der Waals surface area contributed by atoms with Gasteiger partial charge in [0.2, 0.25) is 0 Å². The number of nitrogens with zero attached hydrogens (tertiary/aromatic N) is 3. The second-order valence-corrected chi connectivity index (χ2v) is 7.49. The molecule has 0 atom stereocenters. The third-order valence-corrected chi connectivity index (χ3v) is 5.66. The molecule has 0 unspecified atom stereocenters. The van der Waals surface area contributed by atoms with Gasteiger partial charge in [-0.3, -0.25) is 9.48 Å². The average molecular weight is 359 g/mol. The third kappa shape index (κ3) is 2.39. The Morgan fingerprint density at radius 2 is 1.74 bits per heavy atom. The quantitative estimate of drug-likeness (QED) is 0.597. The van der Waals surface area contributed by atoms with Crippen molar-refractivity contribution >= 4 is 21.7 Å². The summed E-state index contributed by atoms with van der Waals surface area (Å²) >= 11 is 0. The van der Waals surface area contributed by atoms with Crippen molar-refractivity contribution in [1.29, 1.82) is 0 Å². The minimum absolute atomic E-state index is 0.0527. The van der Waals surface area contributed by atoms with Gasteiger partial charge in [-0.25, -0.2) is 4.68 Å². The van der Waals surface area contributed by atoms with Crippen molar-refractivity contribution in [2.45, 2.75) is 6.04 Å². The van der Waals surface area contributed by atoms with Crippen molar-refractivity contribution in [3.63, 3.8) is 0 Å². The fourth-order valence-electron chi connectivity index (χ4n) is 4.30. The number of hydrogen-bond acceptors (Lipinski definition) is 3. The maximum atomic E-state index is 13.1. The maximum absolute atomic E-state index is 13.1. The molecule has 5 rings (SSSR count). The van der Waals surface area contributed by atoms with E-state index in [1.54, 1.807) is 12.1 Å². The molecule has 0 spiro atoms. The molecule has 4 aromatic rings. The number of benzene rings is 3. The predicted octanol–water partition coefficient (Wildman–Crippen LogP) is 3.35. The van der Waals surface area contributed by atoms with Crippen LogP contribution in [0.3, 0.4) is 0 Å². The van der Waals surface area contributed by atoms with Gasteiger partial charge in [-0.05, 0) is 53.2 Å². The molecule has 2 heterocycles. The zero-order valence-electron chi connectivity index (χ0n) is 15.4. The molecule has 136 valence electrons. The molecule has 0 radical (unpaired) electrons. The molecule has 27 heavy (non-hydrogen) atoms. The van der Waals surface area contributed by atoms with Gasteiger partial charge in [0.1, 0.15) is 5.75 Å². The van der Waals surface area contributed by atoms with Crippen molar-refractivity contribution in [3.8, 4) is 16.9 Å². The number of fused-ring (bicyclic) bond motifs is 2. The number of rotatable bonds is 2. The SMILES string of the molecule is CN1CC(n2c(=O)c3cc(-c4cc(O)cc5ccccc45)ccc3n2C)C1. The number of likely N-dealkylation sites (N-methyl/N-ethyl adjacent to an activating group) is 1. The minimum atomic E-state index is 0.0527. The molecule has 5 nitrogen and oxygen atoms in total. The van der Waals surface area contributed by atoms with Gasteiger partial charge < -0.3 is 10.0 Å². The zero-order chi connectivity index (χ0) is 18.7. The molecule has 5 heteroatoms. The van der Waals surface area contributed by atoms with Crippen molar-refractivity contribution in [3.05, 3.63) is 65.0 Å². The van der Waals surface area contributed by atoms with Crippen molar-refractivity contribution in [2.75, 3.05) is 20.1 Å². The Bertz CT molecular complexity index is 1250. The summed E-state index contributed by atoms with van der Waals surface area (Å²) in [7, 11) is 4.01. The number of aryl methyl sites for hydroxylation is 1.